The molecule has 4 atom stereocenters. The Morgan fingerprint density at radius 1 is 1.20 bits per heavy atom. The predicted molar refractivity (Wildman–Crippen MR) is 117 cm³/mol. The Morgan fingerprint density at radius 2 is 2.07 bits per heavy atom. The fourth-order valence-electron chi connectivity index (χ4n) is 7.01. The highest BCUT2D eigenvalue weighted by atomic mass is 16.5. The molecule has 0 amide bonds. The summed E-state index contributed by atoms with van der Waals surface area (Å²) in [4.78, 5) is 22.7. The van der Waals surface area contributed by atoms with E-state index in [1.807, 2.05) is 24.2 Å². The molecule has 0 N–H and O–H groups in total. The Labute approximate surface area is 178 Å². The van der Waals surface area contributed by atoms with Gasteiger partial charge in [0.15, 0.2) is 5.78 Å². The molecule has 4 aliphatic rings. The number of hydrogen-bond acceptors (Lipinski definition) is 3. The van der Waals surface area contributed by atoms with Crippen molar-refractivity contribution in [3.05, 3.63) is 58.7 Å². The van der Waals surface area contributed by atoms with Crippen molar-refractivity contribution < 1.29 is 14.3 Å². The SMILES string of the molecule is C[C@@]12CCC[C@H]1[C@@H]1CCC3=CC(=O)CCC3=C1[C@@H](c1ccccc1OCC=C=O)C2. The zero-order chi connectivity index (χ0) is 20.7. The van der Waals surface area contributed by atoms with E-state index < -0.39 is 0 Å². The lowest BCUT2D eigenvalue weighted by atomic mass is 9.53. The van der Waals surface area contributed by atoms with E-state index in [0.29, 0.717) is 23.7 Å². The van der Waals surface area contributed by atoms with E-state index >= 15 is 0 Å². The first-order valence-corrected chi connectivity index (χ1v) is 11.5. The molecular formula is C27H30O3. The van der Waals surface area contributed by atoms with Crippen LogP contribution in [-0.4, -0.2) is 18.3 Å². The third-order valence-corrected chi connectivity index (χ3v) is 8.21. The molecule has 0 aromatic heterocycles. The predicted octanol–water partition coefficient (Wildman–Crippen LogP) is 5.74. The molecule has 3 heteroatoms. The van der Waals surface area contributed by atoms with Crippen molar-refractivity contribution in [2.75, 3.05) is 6.61 Å². The molecule has 2 fully saturated rings. The zero-order valence-electron chi connectivity index (χ0n) is 17.8. The van der Waals surface area contributed by atoms with Crippen molar-refractivity contribution in [1.82, 2.24) is 0 Å². The van der Waals surface area contributed by atoms with Crippen LogP contribution in [0.1, 0.15) is 69.8 Å². The smallest absolute Gasteiger partial charge is 0.156 e. The van der Waals surface area contributed by atoms with E-state index in [1.54, 1.807) is 5.57 Å². The molecule has 3 nitrogen and oxygen atoms in total. The zero-order valence-corrected chi connectivity index (χ0v) is 17.8. The average molecular weight is 403 g/mol. The van der Waals surface area contributed by atoms with Crippen LogP contribution in [0.5, 0.6) is 5.75 Å². The Kier molecular flexibility index (Phi) is 5.03. The van der Waals surface area contributed by atoms with Gasteiger partial charge in [-0.3, -0.25) is 4.79 Å². The number of carbonyl (C=O) groups is 1. The molecule has 4 aliphatic carbocycles. The number of fused-ring (bicyclic) bond motifs is 4. The molecule has 0 bridgehead atoms. The lowest BCUT2D eigenvalue weighted by molar-refractivity contribution is -0.114. The summed E-state index contributed by atoms with van der Waals surface area (Å²) in [5, 5.41) is 0. The summed E-state index contributed by atoms with van der Waals surface area (Å²) in [6, 6.07) is 8.35. The van der Waals surface area contributed by atoms with Gasteiger partial charge in [0.1, 0.15) is 18.3 Å². The maximum absolute atomic E-state index is 12.1. The Balaban J connectivity index is 1.64. The molecule has 1 aromatic rings. The monoisotopic (exact) mass is 402 g/mol. The van der Waals surface area contributed by atoms with Gasteiger partial charge in [0.05, 0.1) is 0 Å². The van der Waals surface area contributed by atoms with Gasteiger partial charge in [-0.25, -0.2) is 4.79 Å². The van der Waals surface area contributed by atoms with Crippen LogP contribution in [0.3, 0.4) is 0 Å². The molecule has 0 saturated heterocycles. The minimum Gasteiger partial charge on any atom is -0.488 e. The summed E-state index contributed by atoms with van der Waals surface area (Å²) < 4.78 is 6.00. The number of ketones is 1. The summed E-state index contributed by atoms with van der Waals surface area (Å²) in [7, 11) is 0. The summed E-state index contributed by atoms with van der Waals surface area (Å²) >= 11 is 0. The molecule has 0 radical (unpaired) electrons. The fourth-order valence-corrected chi connectivity index (χ4v) is 7.01. The second kappa shape index (κ2) is 7.71. The highest BCUT2D eigenvalue weighted by Gasteiger charge is 2.52. The summed E-state index contributed by atoms with van der Waals surface area (Å²) in [6.45, 7) is 2.76. The van der Waals surface area contributed by atoms with Crippen molar-refractivity contribution in [2.24, 2.45) is 17.3 Å². The number of allylic oxidation sites excluding steroid dienone is 4. The number of hydrogen-bond donors (Lipinski definition) is 0. The van der Waals surface area contributed by atoms with Crippen molar-refractivity contribution in [3.63, 3.8) is 0 Å². The van der Waals surface area contributed by atoms with Gasteiger partial charge in [0, 0.05) is 24.0 Å². The van der Waals surface area contributed by atoms with E-state index in [4.69, 9.17) is 4.74 Å². The van der Waals surface area contributed by atoms with Gasteiger partial charge in [-0.2, -0.15) is 0 Å². The topological polar surface area (TPSA) is 43.4 Å². The molecular weight excluding hydrogens is 372 g/mol. The van der Waals surface area contributed by atoms with E-state index in [-0.39, 0.29) is 12.4 Å². The van der Waals surface area contributed by atoms with Crippen LogP contribution < -0.4 is 4.74 Å². The summed E-state index contributed by atoms with van der Waals surface area (Å²) in [6.07, 6.45) is 12.2. The number of ether oxygens (including phenoxy) is 1. The van der Waals surface area contributed by atoms with E-state index in [2.05, 4.69) is 19.1 Å². The van der Waals surface area contributed by atoms with Gasteiger partial charge in [0.2, 0.25) is 0 Å². The minimum absolute atomic E-state index is 0.252. The van der Waals surface area contributed by atoms with Gasteiger partial charge in [-0.1, -0.05) is 37.1 Å². The van der Waals surface area contributed by atoms with E-state index in [1.165, 1.54) is 48.5 Å². The molecule has 1 aromatic carbocycles. The lowest BCUT2D eigenvalue weighted by Gasteiger charge is -2.51. The molecule has 30 heavy (non-hydrogen) atoms. The highest BCUT2D eigenvalue weighted by molar-refractivity contribution is 5.93. The molecule has 0 aliphatic heterocycles. The van der Waals surface area contributed by atoms with Gasteiger partial charge in [-0.05, 0) is 79.1 Å². The van der Waals surface area contributed by atoms with Crippen molar-refractivity contribution in [3.8, 4) is 5.75 Å². The third-order valence-electron chi connectivity index (χ3n) is 8.21. The number of benzene rings is 1. The van der Waals surface area contributed by atoms with Crippen LogP contribution in [0.4, 0.5) is 0 Å². The normalized spacial score (nSPS) is 32.5. The van der Waals surface area contributed by atoms with Crippen LogP contribution in [0, 0.1) is 17.3 Å². The number of para-hydroxylation sites is 1. The highest BCUT2D eigenvalue weighted by Crippen LogP contribution is 2.64. The summed E-state index contributed by atoms with van der Waals surface area (Å²) in [5.74, 6) is 4.70. The standard InChI is InChI=1S/C27H30O3/c1-27-13-4-7-24(27)22-11-9-18-16-19(29)10-12-20(18)26(22)23(17-27)21-6-2-3-8-25(21)30-15-5-14-28/h2-3,5-6,8,16,22-24H,4,7,9-13,15,17H2,1H3/t22-,23+,24-,27-/m0/s1. The summed E-state index contributed by atoms with van der Waals surface area (Å²) in [5.41, 5.74) is 6.00. The third kappa shape index (κ3) is 3.20. The molecule has 0 spiro atoms. The maximum atomic E-state index is 12.1. The van der Waals surface area contributed by atoms with Crippen LogP contribution in [0.2, 0.25) is 0 Å². The van der Waals surface area contributed by atoms with Crippen molar-refractivity contribution in [2.45, 2.75) is 64.2 Å². The molecule has 2 saturated carbocycles. The van der Waals surface area contributed by atoms with Crippen molar-refractivity contribution >= 4 is 11.7 Å². The molecule has 0 heterocycles. The Morgan fingerprint density at radius 3 is 2.93 bits per heavy atom. The number of carbonyl (C=O) groups excluding carboxylic acids is 2. The number of rotatable bonds is 4. The van der Waals surface area contributed by atoms with Crippen molar-refractivity contribution in [1.29, 1.82) is 0 Å². The largest absolute Gasteiger partial charge is 0.488 e. The average Bonchev–Trinajstić information content (AvgIpc) is 3.15. The molecule has 0 unspecified atom stereocenters. The van der Waals surface area contributed by atoms with Crippen LogP contribution in [0.25, 0.3) is 0 Å². The Hall–Kier alpha value is -2.38. The van der Waals surface area contributed by atoms with Crippen LogP contribution in [0.15, 0.2) is 53.1 Å². The Bertz CT molecular complexity index is 978. The van der Waals surface area contributed by atoms with Gasteiger partial charge in [-0.15, -0.1) is 0 Å². The van der Waals surface area contributed by atoms with E-state index in [9.17, 15) is 9.59 Å². The molecule has 5 rings (SSSR count). The van der Waals surface area contributed by atoms with E-state index in [0.717, 1.165) is 30.9 Å². The quantitative estimate of drug-likeness (QED) is 0.603. The second-order valence-electron chi connectivity index (χ2n) is 9.80. The first-order chi connectivity index (χ1) is 14.6. The van der Waals surface area contributed by atoms with Gasteiger partial charge in [0.25, 0.3) is 0 Å². The molecule has 156 valence electrons. The van der Waals surface area contributed by atoms with Gasteiger partial charge >= 0.3 is 0 Å². The lowest BCUT2D eigenvalue weighted by Crippen LogP contribution is -2.40. The maximum Gasteiger partial charge on any atom is 0.156 e. The first-order valence-electron chi connectivity index (χ1n) is 11.5. The van der Waals surface area contributed by atoms with Gasteiger partial charge < -0.3 is 4.74 Å². The van der Waals surface area contributed by atoms with Crippen LogP contribution in [-0.2, 0) is 9.59 Å². The van der Waals surface area contributed by atoms with Crippen LogP contribution >= 0.6 is 0 Å². The minimum atomic E-state index is 0.252. The second-order valence-corrected chi connectivity index (χ2v) is 9.80. The first kappa shape index (κ1) is 19.6. The fraction of sp³-hybridized carbons (Fsp3) is 0.519.